The van der Waals surface area contributed by atoms with E-state index in [4.69, 9.17) is 10.2 Å². The van der Waals surface area contributed by atoms with Crippen LogP contribution in [0.25, 0.3) is 0 Å². The molecule has 118 valence electrons. The molecule has 0 radical (unpaired) electrons. The standard InChI is InChI=1S/C16H24N2O2.ClH/c1-2-8-18(11-13-6-4-3-5-7-13)16(19)14-9-15(10-17)20-12-14;/h2,9,12-13H,1,3-8,10-11,17H2;1H. The summed E-state index contributed by atoms with van der Waals surface area (Å²) in [4.78, 5) is 14.4. The van der Waals surface area contributed by atoms with Gasteiger partial charge in [-0.3, -0.25) is 4.79 Å². The molecule has 2 N–H and O–H groups in total. The molecule has 0 atom stereocenters. The fraction of sp³-hybridized carbons (Fsp3) is 0.562. The van der Waals surface area contributed by atoms with Crippen molar-refractivity contribution < 1.29 is 9.21 Å². The van der Waals surface area contributed by atoms with Crippen LogP contribution >= 0.6 is 12.4 Å². The monoisotopic (exact) mass is 312 g/mol. The molecule has 0 spiro atoms. The van der Waals surface area contributed by atoms with Gasteiger partial charge in [-0.25, -0.2) is 0 Å². The first kappa shape index (κ1) is 17.8. The summed E-state index contributed by atoms with van der Waals surface area (Å²) in [5, 5.41) is 0. The van der Waals surface area contributed by atoms with Crippen LogP contribution in [0.2, 0.25) is 0 Å². The molecule has 2 rings (SSSR count). The van der Waals surface area contributed by atoms with Gasteiger partial charge in [0.1, 0.15) is 12.0 Å². The van der Waals surface area contributed by atoms with E-state index in [1.165, 1.54) is 38.4 Å². The molecule has 1 aliphatic carbocycles. The van der Waals surface area contributed by atoms with Crippen molar-refractivity contribution in [3.05, 3.63) is 36.3 Å². The number of hydrogen-bond acceptors (Lipinski definition) is 3. The van der Waals surface area contributed by atoms with Gasteiger partial charge in [-0.15, -0.1) is 19.0 Å². The minimum Gasteiger partial charge on any atom is -0.467 e. The van der Waals surface area contributed by atoms with Crippen LogP contribution in [0.3, 0.4) is 0 Å². The smallest absolute Gasteiger partial charge is 0.257 e. The predicted octanol–water partition coefficient (Wildman–Crippen LogP) is 3.37. The molecule has 1 saturated carbocycles. The maximum Gasteiger partial charge on any atom is 0.257 e. The number of carbonyl (C=O) groups is 1. The molecular weight excluding hydrogens is 288 g/mol. The van der Waals surface area contributed by atoms with Crippen molar-refractivity contribution in [3.8, 4) is 0 Å². The van der Waals surface area contributed by atoms with Gasteiger partial charge in [-0.1, -0.05) is 25.3 Å². The SMILES string of the molecule is C=CCN(CC1CCCCC1)C(=O)c1coc(CN)c1.Cl. The molecule has 0 aromatic carbocycles. The molecule has 0 aliphatic heterocycles. The van der Waals surface area contributed by atoms with Crippen molar-refractivity contribution in [1.29, 1.82) is 0 Å². The third-order valence-electron chi connectivity index (χ3n) is 3.94. The topological polar surface area (TPSA) is 59.5 Å². The highest BCUT2D eigenvalue weighted by atomic mass is 35.5. The third kappa shape index (κ3) is 4.90. The Morgan fingerprint density at radius 3 is 2.71 bits per heavy atom. The summed E-state index contributed by atoms with van der Waals surface area (Å²) in [6.45, 7) is 5.47. The summed E-state index contributed by atoms with van der Waals surface area (Å²) in [5.74, 6) is 1.28. The molecule has 0 bridgehead atoms. The Balaban J connectivity index is 0.00000220. The number of rotatable bonds is 6. The first-order valence-electron chi connectivity index (χ1n) is 7.42. The molecule has 5 heteroatoms. The zero-order valence-electron chi connectivity index (χ0n) is 12.4. The number of nitrogens with two attached hydrogens (primary N) is 1. The van der Waals surface area contributed by atoms with Gasteiger partial charge >= 0.3 is 0 Å². The maximum absolute atomic E-state index is 12.5. The molecular formula is C16H25ClN2O2. The summed E-state index contributed by atoms with van der Waals surface area (Å²) < 4.78 is 5.25. The minimum atomic E-state index is 0. The van der Waals surface area contributed by atoms with Crippen LogP contribution in [0.5, 0.6) is 0 Å². The fourth-order valence-corrected chi connectivity index (χ4v) is 2.86. The lowest BCUT2D eigenvalue weighted by molar-refractivity contribution is 0.0735. The van der Waals surface area contributed by atoms with E-state index < -0.39 is 0 Å². The van der Waals surface area contributed by atoms with Gasteiger partial charge in [0.15, 0.2) is 0 Å². The van der Waals surface area contributed by atoms with Gasteiger partial charge in [-0.2, -0.15) is 0 Å². The molecule has 1 amide bonds. The summed E-state index contributed by atoms with van der Waals surface area (Å²) in [7, 11) is 0. The van der Waals surface area contributed by atoms with Gasteiger partial charge in [0.2, 0.25) is 0 Å². The molecule has 21 heavy (non-hydrogen) atoms. The zero-order chi connectivity index (χ0) is 14.4. The molecule has 1 aromatic rings. The highest BCUT2D eigenvalue weighted by Crippen LogP contribution is 2.25. The Hall–Kier alpha value is -1.26. The Labute approximate surface area is 132 Å². The largest absolute Gasteiger partial charge is 0.467 e. The van der Waals surface area contributed by atoms with Gasteiger partial charge < -0.3 is 15.1 Å². The van der Waals surface area contributed by atoms with Crippen LogP contribution in [0.4, 0.5) is 0 Å². The molecule has 4 nitrogen and oxygen atoms in total. The van der Waals surface area contributed by atoms with Crippen molar-refractivity contribution in [2.45, 2.75) is 38.6 Å². The average Bonchev–Trinajstić information content (AvgIpc) is 2.96. The van der Waals surface area contributed by atoms with Crippen molar-refractivity contribution in [2.24, 2.45) is 11.7 Å². The Bertz CT molecular complexity index is 453. The number of carbonyl (C=O) groups excluding carboxylic acids is 1. The lowest BCUT2D eigenvalue weighted by Gasteiger charge is -2.28. The molecule has 1 fully saturated rings. The van der Waals surface area contributed by atoms with Crippen LogP contribution in [0.1, 0.15) is 48.2 Å². The highest BCUT2D eigenvalue weighted by Gasteiger charge is 2.22. The van der Waals surface area contributed by atoms with Crippen molar-refractivity contribution in [3.63, 3.8) is 0 Å². The molecule has 1 heterocycles. The van der Waals surface area contributed by atoms with Gasteiger partial charge in [0, 0.05) is 13.1 Å². The van der Waals surface area contributed by atoms with Crippen LogP contribution in [0, 0.1) is 5.92 Å². The minimum absolute atomic E-state index is 0. The van der Waals surface area contributed by atoms with E-state index in [0.717, 1.165) is 6.54 Å². The van der Waals surface area contributed by atoms with Gasteiger partial charge in [0.05, 0.1) is 12.1 Å². The number of amides is 1. The summed E-state index contributed by atoms with van der Waals surface area (Å²) in [6.07, 6.45) is 9.62. The molecule has 0 saturated heterocycles. The van der Waals surface area contributed by atoms with Crippen molar-refractivity contribution >= 4 is 18.3 Å². The second kappa shape index (κ2) is 8.90. The van der Waals surface area contributed by atoms with Crippen LogP contribution in [0.15, 0.2) is 29.4 Å². The number of halogens is 1. The molecule has 0 unspecified atom stereocenters. The van der Waals surface area contributed by atoms with E-state index in [1.54, 1.807) is 12.1 Å². The van der Waals surface area contributed by atoms with E-state index in [0.29, 0.717) is 30.3 Å². The van der Waals surface area contributed by atoms with Gasteiger partial charge in [-0.05, 0) is 24.8 Å². The summed E-state index contributed by atoms with van der Waals surface area (Å²) in [6, 6.07) is 1.74. The average molecular weight is 313 g/mol. The fourth-order valence-electron chi connectivity index (χ4n) is 2.86. The molecule has 1 aromatic heterocycles. The van der Waals surface area contributed by atoms with Crippen molar-refractivity contribution in [2.75, 3.05) is 13.1 Å². The summed E-state index contributed by atoms with van der Waals surface area (Å²) >= 11 is 0. The number of furan rings is 1. The lowest BCUT2D eigenvalue weighted by atomic mass is 9.89. The van der Waals surface area contributed by atoms with Crippen LogP contribution in [-0.4, -0.2) is 23.9 Å². The van der Waals surface area contributed by atoms with Crippen molar-refractivity contribution in [1.82, 2.24) is 4.90 Å². The number of hydrogen-bond donors (Lipinski definition) is 1. The van der Waals surface area contributed by atoms with Crippen LogP contribution < -0.4 is 5.73 Å². The Morgan fingerprint density at radius 1 is 1.43 bits per heavy atom. The van der Waals surface area contributed by atoms with Crippen LogP contribution in [-0.2, 0) is 6.54 Å². The van der Waals surface area contributed by atoms with Gasteiger partial charge in [0.25, 0.3) is 5.91 Å². The Morgan fingerprint density at radius 2 is 2.14 bits per heavy atom. The van der Waals surface area contributed by atoms with E-state index in [2.05, 4.69) is 6.58 Å². The molecule has 1 aliphatic rings. The van der Waals surface area contributed by atoms with E-state index in [-0.39, 0.29) is 18.3 Å². The highest BCUT2D eigenvalue weighted by molar-refractivity contribution is 5.94. The quantitative estimate of drug-likeness (QED) is 0.819. The second-order valence-corrected chi connectivity index (χ2v) is 5.51. The predicted molar refractivity (Wildman–Crippen MR) is 86.5 cm³/mol. The number of nitrogens with zero attached hydrogens (tertiary/aromatic N) is 1. The summed E-state index contributed by atoms with van der Waals surface area (Å²) in [5.41, 5.74) is 6.10. The maximum atomic E-state index is 12.5. The normalized spacial score (nSPS) is 15.3. The third-order valence-corrected chi connectivity index (χ3v) is 3.94. The zero-order valence-corrected chi connectivity index (χ0v) is 13.2. The first-order valence-corrected chi connectivity index (χ1v) is 7.42. The van der Waals surface area contributed by atoms with E-state index in [1.807, 2.05) is 4.90 Å². The van der Waals surface area contributed by atoms with E-state index in [9.17, 15) is 4.79 Å². The lowest BCUT2D eigenvalue weighted by Crippen LogP contribution is -2.36. The Kier molecular flexibility index (Phi) is 7.54. The van der Waals surface area contributed by atoms with E-state index >= 15 is 0 Å². The first-order chi connectivity index (χ1) is 9.74. The second-order valence-electron chi connectivity index (χ2n) is 5.51.